The fourth-order valence-corrected chi connectivity index (χ4v) is 4.14. The van der Waals surface area contributed by atoms with Crippen molar-refractivity contribution in [3.8, 4) is 5.75 Å². The van der Waals surface area contributed by atoms with E-state index in [1.54, 1.807) is 12.1 Å². The number of halogens is 1. The molecule has 0 saturated carbocycles. The van der Waals surface area contributed by atoms with Gasteiger partial charge in [0.05, 0.1) is 6.61 Å². The van der Waals surface area contributed by atoms with Gasteiger partial charge in [0.25, 0.3) is 5.91 Å². The van der Waals surface area contributed by atoms with E-state index in [2.05, 4.69) is 5.32 Å². The van der Waals surface area contributed by atoms with E-state index in [1.165, 1.54) is 79.6 Å². The number of hydrogen-bond acceptors (Lipinski definition) is 6. The molecule has 0 radical (unpaired) electrons. The second-order valence-electron chi connectivity index (χ2n) is 7.62. The highest BCUT2D eigenvalue weighted by Gasteiger charge is 2.19. The van der Waals surface area contributed by atoms with Crippen LogP contribution in [0.5, 0.6) is 5.75 Å². The Hall–Kier alpha value is -3.76. The molecule has 3 aromatic carbocycles. The Kier molecular flexibility index (Phi) is 8.56. The molecule has 0 spiro atoms. The van der Waals surface area contributed by atoms with Gasteiger partial charge in [-0.25, -0.2) is 4.39 Å². The molecule has 2 amide bonds. The second kappa shape index (κ2) is 11.6. The van der Waals surface area contributed by atoms with Crippen molar-refractivity contribution in [1.82, 2.24) is 4.90 Å². The predicted molar refractivity (Wildman–Crippen MR) is 128 cm³/mol. The van der Waals surface area contributed by atoms with Crippen LogP contribution in [0.15, 0.2) is 77.7 Å². The molecule has 3 rings (SSSR count). The number of benzene rings is 3. The van der Waals surface area contributed by atoms with E-state index in [9.17, 15) is 22.4 Å². The van der Waals surface area contributed by atoms with E-state index in [0.717, 1.165) is 5.56 Å². The summed E-state index contributed by atoms with van der Waals surface area (Å²) in [6.07, 6.45) is 0. The Morgan fingerprint density at radius 3 is 2.29 bits per heavy atom. The van der Waals surface area contributed by atoms with E-state index < -0.39 is 15.9 Å². The number of ether oxygens (including phenoxy) is 1. The highest BCUT2D eigenvalue weighted by Crippen LogP contribution is 2.22. The number of anilines is 1. The molecule has 184 valence electrons. The van der Waals surface area contributed by atoms with Gasteiger partial charge in [-0.2, -0.15) is 8.42 Å². The fraction of sp³-hybridized carbons (Fsp3) is 0.200. The number of nitrogens with zero attached hydrogens (tertiary/aromatic N) is 1. The number of rotatable bonds is 10. The summed E-state index contributed by atoms with van der Waals surface area (Å²) >= 11 is 0. The Labute approximate surface area is 203 Å². The Morgan fingerprint density at radius 1 is 1.00 bits per heavy atom. The highest BCUT2D eigenvalue weighted by molar-refractivity contribution is 7.87. The minimum Gasteiger partial charge on any atom is -0.383 e. The molecule has 0 unspecified atom stereocenters. The average molecular weight is 501 g/mol. The van der Waals surface area contributed by atoms with Crippen molar-refractivity contribution in [2.45, 2.75) is 18.4 Å². The maximum absolute atomic E-state index is 13.6. The number of hydrogen-bond donors (Lipinski definition) is 1. The second-order valence-corrected chi connectivity index (χ2v) is 9.16. The zero-order valence-corrected chi connectivity index (χ0v) is 20.0. The van der Waals surface area contributed by atoms with Crippen LogP contribution < -0.4 is 9.50 Å². The minimum atomic E-state index is -4.09. The van der Waals surface area contributed by atoms with E-state index in [0.29, 0.717) is 12.3 Å². The minimum absolute atomic E-state index is 0.0675. The Bertz CT molecular complexity index is 1280. The Balaban J connectivity index is 1.70. The number of methoxy groups -OCH3 is 1. The van der Waals surface area contributed by atoms with Crippen LogP contribution in [0.25, 0.3) is 0 Å². The van der Waals surface area contributed by atoms with Gasteiger partial charge in [-0.05, 0) is 60.2 Å². The van der Waals surface area contributed by atoms with E-state index in [4.69, 9.17) is 8.92 Å². The van der Waals surface area contributed by atoms with Crippen molar-refractivity contribution >= 4 is 27.6 Å². The molecule has 3 aromatic rings. The van der Waals surface area contributed by atoms with Crippen LogP contribution in [-0.2, 0) is 26.2 Å². The molecule has 0 bridgehead atoms. The Morgan fingerprint density at radius 2 is 1.69 bits per heavy atom. The number of nitrogens with one attached hydrogen (secondary N) is 1. The van der Waals surface area contributed by atoms with Crippen molar-refractivity contribution in [3.63, 3.8) is 0 Å². The lowest BCUT2D eigenvalue weighted by atomic mass is 10.1. The normalized spacial score (nSPS) is 11.1. The number of amides is 2. The van der Waals surface area contributed by atoms with Crippen molar-refractivity contribution in [3.05, 3.63) is 89.7 Å². The summed E-state index contributed by atoms with van der Waals surface area (Å²) in [7, 11) is -2.57. The molecule has 0 aliphatic heterocycles. The molecule has 0 atom stereocenters. The molecule has 0 aromatic heterocycles. The third-order valence-corrected chi connectivity index (χ3v) is 6.15. The first-order valence-corrected chi connectivity index (χ1v) is 12.0. The topological polar surface area (TPSA) is 102 Å². The molecule has 0 heterocycles. The fourth-order valence-electron chi connectivity index (χ4n) is 3.21. The lowest BCUT2D eigenvalue weighted by molar-refractivity contribution is -0.114. The maximum atomic E-state index is 13.6. The van der Waals surface area contributed by atoms with Crippen LogP contribution in [0.1, 0.15) is 22.8 Å². The van der Waals surface area contributed by atoms with Gasteiger partial charge >= 0.3 is 10.1 Å². The largest absolute Gasteiger partial charge is 0.383 e. The van der Waals surface area contributed by atoms with Gasteiger partial charge in [-0.3, -0.25) is 9.59 Å². The van der Waals surface area contributed by atoms with Gasteiger partial charge in [-0.15, -0.1) is 0 Å². The predicted octanol–water partition coefficient (Wildman–Crippen LogP) is 3.84. The van der Waals surface area contributed by atoms with Gasteiger partial charge < -0.3 is 19.1 Å². The van der Waals surface area contributed by atoms with E-state index in [-0.39, 0.29) is 41.1 Å². The molecule has 8 nitrogen and oxygen atoms in total. The lowest BCUT2D eigenvalue weighted by Gasteiger charge is -2.23. The molecule has 10 heteroatoms. The first-order chi connectivity index (χ1) is 16.7. The van der Waals surface area contributed by atoms with Gasteiger partial charge in [0.15, 0.2) is 0 Å². The van der Waals surface area contributed by atoms with Crippen molar-refractivity contribution in [2.24, 2.45) is 0 Å². The van der Waals surface area contributed by atoms with Gasteiger partial charge in [-0.1, -0.05) is 18.2 Å². The lowest BCUT2D eigenvalue weighted by Crippen LogP contribution is -2.33. The summed E-state index contributed by atoms with van der Waals surface area (Å²) in [5.74, 6) is -1.03. The summed E-state index contributed by atoms with van der Waals surface area (Å²) in [5.41, 5.74) is 1.40. The van der Waals surface area contributed by atoms with Crippen LogP contribution in [0.2, 0.25) is 0 Å². The van der Waals surface area contributed by atoms with E-state index in [1.807, 2.05) is 0 Å². The first-order valence-electron chi connectivity index (χ1n) is 10.6. The standard InChI is InChI=1S/C25H25FN2O6S/c1-18(29)27-22-8-12-24(13-9-22)35(31,32)34-23-10-6-19(7-11-23)17-28(14-15-33-2)25(30)20-4-3-5-21(26)16-20/h3-13,16H,14-15,17H2,1-2H3,(H,27,29). The van der Waals surface area contributed by atoms with Gasteiger partial charge in [0.1, 0.15) is 16.5 Å². The molecular weight excluding hydrogens is 475 g/mol. The van der Waals surface area contributed by atoms with Crippen LogP contribution in [0.4, 0.5) is 10.1 Å². The number of carbonyl (C=O) groups is 2. The monoisotopic (exact) mass is 500 g/mol. The molecule has 0 aliphatic rings. The molecular formula is C25H25FN2O6S. The van der Waals surface area contributed by atoms with Crippen LogP contribution in [0.3, 0.4) is 0 Å². The van der Waals surface area contributed by atoms with Crippen molar-refractivity contribution in [2.75, 3.05) is 25.6 Å². The van der Waals surface area contributed by atoms with E-state index >= 15 is 0 Å². The number of carbonyl (C=O) groups excluding carboxylic acids is 2. The summed E-state index contributed by atoms with van der Waals surface area (Å²) in [6.45, 7) is 2.14. The third-order valence-electron chi connectivity index (χ3n) is 4.89. The van der Waals surface area contributed by atoms with Gasteiger partial charge in [0, 0.05) is 38.4 Å². The zero-order chi connectivity index (χ0) is 25.4. The molecule has 35 heavy (non-hydrogen) atoms. The van der Waals surface area contributed by atoms with Crippen LogP contribution in [-0.4, -0.2) is 45.4 Å². The summed E-state index contributed by atoms with van der Waals surface area (Å²) in [6, 6.07) is 17.3. The summed E-state index contributed by atoms with van der Waals surface area (Å²) in [4.78, 5) is 25.4. The molecule has 0 saturated heterocycles. The molecule has 0 aliphatic carbocycles. The summed E-state index contributed by atoms with van der Waals surface area (Å²) < 4.78 is 49.0. The molecule has 1 N–H and O–H groups in total. The highest BCUT2D eigenvalue weighted by atomic mass is 32.2. The summed E-state index contributed by atoms with van der Waals surface area (Å²) in [5, 5.41) is 2.56. The van der Waals surface area contributed by atoms with Gasteiger partial charge in [0.2, 0.25) is 5.91 Å². The first kappa shape index (κ1) is 25.9. The van der Waals surface area contributed by atoms with Crippen molar-refractivity contribution in [1.29, 1.82) is 0 Å². The quantitative estimate of drug-likeness (QED) is 0.425. The van der Waals surface area contributed by atoms with Crippen LogP contribution in [0, 0.1) is 5.82 Å². The van der Waals surface area contributed by atoms with Crippen molar-refractivity contribution < 1.29 is 31.3 Å². The SMILES string of the molecule is COCCN(Cc1ccc(OS(=O)(=O)c2ccc(NC(C)=O)cc2)cc1)C(=O)c1cccc(F)c1. The maximum Gasteiger partial charge on any atom is 0.339 e. The smallest absolute Gasteiger partial charge is 0.339 e. The third kappa shape index (κ3) is 7.36. The molecule has 0 fully saturated rings. The van der Waals surface area contributed by atoms with Crippen LogP contribution >= 0.6 is 0 Å². The zero-order valence-electron chi connectivity index (χ0n) is 19.2. The average Bonchev–Trinajstić information content (AvgIpc) is 2.82.